The number of rotatable bonds is 7. The Kier molecular flexibility index (Phi) is 8.61. The molecular formula is C25H32N4O4. The monoisotopic (exact) mass is 452 g/mol. The molecule has 0 radical (unpaired) electrons. The summed E-state index contributed by atoms with van der Waals surface area (Å²) in [6, 6.07) is 5.27. The maximum absolute atomic E-state index is 12.3. The van der Waals surface area contributed by atoms with Gasteiger partial charge >= 0.3 is 0 Å². The lowest BCUT2D eigenvalue weighted by Crippen LogP contribution is -2.51. The van der Waals surface area contributed by atoms with Gasteiger partial charge in [0.1, 0.15) is 6.04 Å². The van der Waals surface area contributed by atoms with Gasteiger partial charge in [0.25, 0.3) is 0 Å². The first-order valence-corrected chi connectivity index (χ1v) is 11.5. The Labute approximate surface area is 194 Å². The fourth-order valence-corrected chi connectivity index (χ4v) is 4.22. The molecule has 4 amide bonds. The molecule has 1 unspecified atom stereocenters. The molecule has 2 heterocycles. The molecule has 0 bridgehead atoms. The van der Waals surface area contributed by atoms with Crippen LogP contribution in [0.2, 0.25) is 0 Å². The Morgan fingerprint density at radius 1 is 1.27 bits per heavy atom. The van der Waals surface area contributed by atoms with E-state index in [1.807, 2.05) is 30.0 Å². The second kappa shape index (κ2) is 11.6. The van der Waals surface area contributed by atoms with Gasteiger partial charge in [0.2, 0.25) is 24.1 Å². The standard InChI is InChI=1S/C25H32N4O4/c1-18-6-5-8-19(7-3-2-4-9-24(32)28-14-12-20(26)13-15-28)21(18)16-29(17-30)22-10-11-23(31)27-25(22)33/h5-6,8,17,20,22H,2,4,9-16,26H2,1H3,(H,27,31,33). The average molecular weight is 453 g/mol. The Bertz CT molecular complexity index is 957. The number of piperidine rings is 2. The van der Waals surface area contributed by atoms with E-state index in [1.165, 1.54) is 4.90 Å². The lowest BCUT2D eigenvalue weighted by atomic mass is 9.99. The van der Waals surface area contributed by atoms with E-state index in [4.69, 9.17) is 5.73 Å². The summed E-state index contributed by atoms with van der Waals surface area (Å²) in [6.07, 6.45) is 4.65. The summed E-state index contributed by atoms with van der Waals surface area (Å²) in [6.45, 7) is 3.65. The molecule has 0 aliphatic carbocycles. The number of hydrogen-bond donors (Lipinski definition) is 2. The van der Waals surface area contributed by atoms with Crippen molar-refractivity contribution >= 4 is 24.1 Å². The van der Waals surface area contributed by atoms with Crippen molar-refractivity contribution in [2.45, 2.75) is 70.5 Å². The highest BCUT2D eigenvalue weighted by Crippen LogP contribution is 2.20. The number of hydrogen-bond acceptors (Lipinski definition) is 5. The third-order valence-corrected chi connectivity index (χ3v) is 6.30. The first-order valence-electron chi connectivity index (χ1n) is 11.5. The summed E-state index contributed by atoms with van der Waals surface area (Å²) in [5.41, 5.74) is 8.54. The minimum absolute atomic E-state index is 0.158. The number of carbonyl (C=O) groups is 4. The predicted octanol–water partition coefficient (Wildman–Crippen LogP) is 1.23. The first kappa shape index (κ1) is 24.5. The molecule has 33 heavy (non-hydrogen) atoms. The van der Waals surface area contributed by atoms with Crippen LogP contribution in [0.5, 0.6) is 0 Å². The lowest BCUT2D eigenvalue weighted by Gasteiger charge is -2.30. The molecule has 0 saturated carbocycles. The van der Waals surface area contributed by atoms with Gasteiger partial charge in [-0.2, -0.15) is 0 Å². The number of aryl methyl sites for hydroxylation is 1. The number of carbonyl (C=O) groups excluding carboxylic acids is 4. The molecule has 0 spiro atoms. The van der Waals surface area contributed by atoms with Crippen LogP contribution >= 0.6 is 0 Å². The Morgan fingerprint density at radius 3 is 2.73 bits per heavy atom. The second-order valence-corrected chi connectivity index (χ2v) is 8.72. The van der Waals surface area contributed by atoms with Gasteiger partial charge in [-0.05, 0) is 49.8 Å². The highest BCUT2D eigenvalue weighted by atomic mass is 16.2. The first-order chi connectivity index (χ1) is 15.9. The fraction of sp³-hybridized carbons (Fsp3) is 0.520. The third kappa shape index (κ3) is 6.65. The van der Waals surface area contributed by atoms with E-state index in [0.717, 1.165) is 42.6 Å². The summed E-state index contributed by atoms with van der Waals surface area (Å²) in [7, 11) is 0. The molecule has 2 saturated heterocycles. The number of nitrogens with two attached hydrogens (primary N) is 1. The SMILES string of the molecule is Cc1cccc(C#CCCCC(=O)N2CCC(N)CC2)c1CN(C=O)C1CCC(=O)NC1=O. The number of likely N-dealkylation sites (tertiary alicyclic amines) is 1. The Hall–Kier alpha value is -3.18. The van der Waals surface area contributed by atoms with Crippen molar-refractivity contribution in [3.63, 3.8) is 0 Å². The van der Waals surface area contributed by atoms with Gasteiger partial charge in [0, 0.05) is 50.5 Å². The quantitative estimate of drug-likeness (QED) is 0.280. The van der Waals surface area contributed by atoms with Crippen molar-refractivity contribution in [3.05, 3.63) is 34.9 Å². The number of amides is 4. The zero-order valence-corrected chi connectivity index (χ0v) is 19.1. The van der Waals surface area contributed by atoms with Gasteiger partial charge in [-0.15, -0.1) is 0 Å². The van der Waals surface area contributed by atoms with Gasteiger partial charge in [-0.25, -0.2) is 0 Å². The molecule has 3 rings (SSSR count). The van der Waals surface area contributed by atoms with Gasteiger partial charge in [-0.3, -0.25) is 24.5 Å². The summed E-state index contributed by atoms with van der Waals surface area (Å²) in [5.74, 6) is 5.72. The van der Waals surface area contributed by atoms with Gasteiger partial charge in [0.15, 0.2) is 0 Å². The van der Waals surface area contributed by atoms with Crippen molar-refractivity contribution in [1.29, 1.82) is 0 Å². The van der Waals surface area contributed by atoms with Gasteiger partial charge in [0.05, 0.1) is 0 Å². The molecule has 8 nitrogen and oxygen atoms in total. The second-order valence-electron chi connectivity index (χ2n) is 8.72. The fourth-order valence-electron chi connectivity index (χ4n) is 4.22. The number of nitrogens with one attached hydrogen (secondary N) is 1. The van der Waals surface area contributed by atoms with Crippen LogP contribution < -0.4 is 11.1 Å². The topological polar surface area (TPSA) is 113 Å². The minimum atomic E-state index is -0.670. The normalized spacial score (nSPS) is 18.8. The van der Waals surface area contributed by atoms with Crippen molar-refractivity contribution in [2.75, 3.05) is 13.1 Å². The number of imide groups is 1. The van der Waals surface area contributed by atoms with E-state index in [-0.39, 0.29) is 30.8 Å². The maximum atomic E-state index is 12.3. The Balaban J connectivity index is 1.59. The third-order valence-electron chi connectivity index (χ3n) is 6.30. The van der Waals surface area contributed by atoms with Crippen LogP contribution in [0.1, 0.15) is 61.6 Å². The van der Waals surface area contributed by atoms with Crippen LogP contribution in [0.4, 0.5) is 0 Å². The van der Waals surface area contributed by atoms with E-state index in [1.54, 1.807) is 0 Å². The maximum Gasteiger partial charge on any atom is 0.249 e. The molecule has 2 aliphatic heterocycles. The molecule has 2 fully saturated rings. The predicted molar refractivity (Wildman–Crippen MR) is 123 cm³/mol. The molecular weight excluding hydrogens is 420 g/mol. The van der Waals surface area contributed by atoms with Gasteiger partial charge < -0.3 is 15.5 Å². The minimum Gasteiger partial charge on any atom is -0.343 e. The van der Waals surface area contributed by atoms with E-state index in [2.05, 4.69) is 17.2 Å². The van der Waals surface area contributed by atoms with Crippen molar-refractivity contribution < 1.29 is 19.2 Å². The molecule has 3 N–H and O–H groups in total. The van der Waals surface area contributed by atoms with E-state index in [0.29, 0.717) is 32.1 Å². The summed E-state index contributed by atoms with van der Waals surface area (Å²) < 4.78 is 0. The molecule has 8 heteroatoms. The van der Waals surface area contributed by atoms with Crippen LogP contribution in [0.3, 0.4) is 0 Å². The van der Waals surface area contributed by atoms with Crippen LogP contribution in [-0.2, 0) is 25.7 Å². The van der Waals surface area contributed by atoms with Crippen LogP contribution in [0, 0.1) is 18.8 Å². The molecule has 1 aromatic carbocycles. The van der Waals surface area contributed by atoms with E-state index < -0.39 is 11.9 Å². The molecule has 176 valence electrons. The Morgan fingerprint density at radius 2 is 2.03 bits per heavy atom. The molecule has 1 atom stereocenters. The van der Waals surface area contributed by atoms with E-state index >= 15 is 0 Å². The zero-order chi connectivity index (χ0) is 23.8. The zero-order valence-electron chi connectivity index (χ0n) is 19.1. The van der Waals surface area contributed by atoms with Gasteiger partial charge in [-0.1, -0.05) is 24.0 Å². The van der Waals surface area contributed by atoms with E-state index in [9.17, 15) is 19.2 Å². The molecule has 2 aliphatic rings. The van der Waals surface area contributed by atoms with Crippen molar-refractivity contribution in [1.82, 2.24) is 15.1 Å². The largest absolute Gasteiger partial charge is 0.343 e. The van der Waals surface area contributed by atoms with Crippen molar-refractivity contribution in [2.24, 2.45) is 5.73 Å². The highest BCUT2D eigenvalue weighted by molar-refractivity contribution is 6.00. The summed E-state index contributed by atoms with van der Waals surface area (Å²) in [5, 5.41) is 2.30. The highest BCUT2D eigenvalue weighted by Gasteiger charge is 2.31. The van der Waals surface area contributed by atoms with Crippen LogP contribution in [-0.4, -0.2) is 59.1 Å². The van der Waals surface area contributed by atoms with Crippen LogP contribution in [0.25, 0.3) is 0 Å². The lowest BCUT2D eigenvalue weighted by molar-refractivity contribution is -0.141. The summed E-state index contributed by atoms with van der Waals surface area (Å²) >= 11 is 0. The summed E-state index contributed by atoms with van der Waals surface area (Å²) in [4.78, 5) is 51.0. The number of unbranched alkanes of at least 4 members (excludes halogenated alkanes) is 1. The van der Waals surface area contributed by atoms with Crippen molar-refractivity contribution in [3.8, 4) is 11.8 Å². The number of benzene rings is 1. The molecule has 1 aromatic rings. The van der Waals surface area contributed by atoms with Crippen LogP contribution in [0.15, 0.2) is 18.2 Å². The molecule has 0 aromatic heterocycles. The number of nitrogens with zero attached hydrogens (tertiary/aromatic N) is 2. The average Bonchev–Trinajstić information content (AvgIpc) is 2.79. The smallest absolute Gasteiger partial charge is 0.249 e.